The van der Waals surface area contributed by atoms with E-state index in [4.69, 9.17) is 0 Å². The number of nitrogens with zero attached hydrogens (tertiary/aromatic N) is 3. The van der Waals surface area contributed by atoms with Crippen molar-refractivity contribution in [3.05, 3.63) is 78.7 Å². The molecule has 0 bridgehead atoms. The van der Waals surface area contributed by atoms with Crippen LogP contribution in [-0.4, -0.2) is 20.2 Å². The molecule has 0 radical (unpaired) electrons. The number of halogens is 1. The predicted octanol–water partition coefficient (Wildman–Crippen LogP) is 4.34. The highest BCUT2D eigenvalue weighted by molar-refractivity contribution is 5.69. The van der Waals surface area contributed by atoms with Crippen molar-refractivity contribution in [3.8, 4) is 34.0 Å². The number of aromatic amines is 1. The van der Waals surface area contributed by atoms with Gasteiger partial charge in [0.25, 0.3) is 0 Å². The summed E-state index contributed by atoms with van der Waals surface area (Å²) < 4.78 is 14.5. The fourth-order valence-corrected chi connectivity index (χ4v) is 2.51. The summed E-state index contributed by atoms with van der Waals surface area (Å²) in [6, 6.07) is 20.0. The van der Waals surface area contributed by atoms with Crippen molar-refractivity contribution in [1.82, 2.24) is 20.2 Å². The van der Waals surface area contributed by atoms with Gasteiger partial charge in [0.05, 0.1) is 0 Å². The van der Waals surface area contributed by atoms with Crippen molar-refractivity contribution in [2.75, 3.05) is 0 Å². The third kappa shape index (κ3) is 2.67. The average Bonchev–Trinajstić information content (AvgIpc) is 3.13. The predicted molar refractivity (Wildman–Crippen MR) is 90.4 cm³/mol. The van der Waals surface area contributed by atoms with Gasteiger partial charge in [0.15, 0.2) is 11.6 Å². The molecular weight excluding hydrogens is 303 g/mol. The Morgan fingerprint density at radius 2 is 1.67 bits per heavy atom. The van der Waals surface area contributed by atoms with E-state index in [2.05, 4.69) is 20.2 Å². The fourth-order valence-electron chi connectivity index (χ4n) is 2.51. The van der Waals surface area contributed by atoms with Crippen LogP contribution in [0.2, 0.25) is 0 Å². The Bertz CT molecular complexity index is 965. The number of pyridine rings is 1. The van der Waals surface area contributed by atoms with Crippen LogP contribution in [-0.2, 0) is 0 Å². The first-order valence-corrected chi connectivity index (χ1v) is 7.50. The lowest BCUT2D eigenvalue weighted by atomic mass is 10.0. The summed E-state index contributed by atoms with van der Waals surface area (Å²) in [5, 5.41) is 7.00. The van der Waals surface area contributed by atoms with Gasteiger partial charge in [-0.25, -0.2) is 9.37 Å². The summed E-state index contributed by atoms with van der Waals surface area (Å²) in [4.78, 5) is 8.62. The zero-order valence-electron chi connectivity index (χ0n) is 12.6. The number of hydrogen-bond acceptors (Lipinski definition) is 3. The molecule has 0 atom stereocenters. The molecule has 0 aliphatic carbocycles. The Labute approximate surface area is 138 Å². The lowest BCUT2D eigenvalue weighted by molar-refractivity contribution is 0.631. The molecule has 0 aliphatic rings. The Morgan fingerprint density at radius 3 is 2.42 bits per heavy atom. The summed E-state index contributed by atoms with van der Waals surface area (Å²) in [5.74, 6) is 0.690. The minimum Gasteiger partial charge on any atom is -0.257 e. The summed E-state index contributed by atoms with van der Waals surface area (Å²) in [7, 11) is 0. The van der Waals surface area contributed by atoms with Gasteiger partial charge in [-0.1, -0.05) is 48.5 Å². The second kappa shape index (κ2) is 6.04. The second-order valence-corrected chi connectivity index (χ2v) is 5.28. The van der Waals surface area contributed by atoms with Crippen molar-refractivity contribution in [2.24, 2.45) is 0 Å². The first kappa shape index (κ1) is 14.3. The molecule has 0 amide bonds. The lowest BCUT2D eigenvalue weighted by Crippen LogP contribution is -1.88. The topological polar surface area (TPSA) is 54.5 Å². The third-order valence-corrected chi connectivity index (χ3v) is 3.71. The zero-order valence-corrected chi connectivity index (χ0v) is 12.6. The highest BCUT2D eigenvalue weighted by atomic mass is 19.1. The molecule has 4 nitrogen and oxygen atoms in total. The van der Waals surface area contributed by atoms with E-state index < -0.39 is 0 Å². The minimum atomic E-state index is -0.303. The molecule has 24 heavy (non-hydrogen) atoms. The average molecular weight is 316 g/mol. The Kier molecular flexibility index (Phi) is 3.59. The van der Waals surface area contributed by atoms with Gasteiger partial charge in [0.2, 0.25) is 0 Å². The minimum absolute atomic E-state index is 0.303. The van der Waals surface area contributed by atoms with Crippen molar-refractivity contribution >= 4 is 0 Å². The van der Waals surface area contributed by atoms with Crippen LogP contribution in [0.4, 0.5) is 4.39 Å². The van der Waals surface area contributed by atoms with Gasteiger partial charge in [-0.05, 0) is 23.8 Å². The molecule has 2 aromatic heterocycles. The molecule has 116 valence electrons. The Morgan fingerprint density at radius 1 is 0.833 bits per heavy atom. The normalized spacial score (nSPS) is 10.7. The molecule has 2 aromatic carbocycles. The van der Waals surface area contributed by atoms with E-state index in [9.17, 15) is 4.39 Å². The Balaban J connectivity index is 1.69. The van der Waals surface area contributed by atoms with Gasteiger partial charge in [-0.3, -0.25) is 10.1 Å². The number of aromatic nitrogens is 4. The smallest absolute Gasteiger partial charge is 0.181 e. The monoisotopic (exact) mass is 316 g/mol. The quantitative estimate of drug-likeness (QED) is 0.611. The number of hydrogen-bond donors (Lipinski definition) is 1. The SMILES string of the molecule is Fc1cc(-c2n[nH]c(-c3ccccn3)n2)ccc1-c1ccccc1. The van der Waals surface area contributed by atoms with E-state index in [-0.39, 0.29) is 5.82 Å². The molecule has 0 saturated heterocycles. The van der Waals surface area contributed by atoms with Crippen LogP contribution in [0.15, 0.2) is 72.9 Å². The lowest BCUT2D eigenvalue weighted by Gasteiger charge is -2.04. The van der Waals surface area contributed by atoms with E-state index in [0.29, 0.717) is 28.5 Å². The van der Waals surface area contributed by atoms with E-state index in [1.54, 1.807) is 12.3 Å². The van der Waals surface area contributed by atoms with Crippen LogP contribution >= 0.6 is 0 Å². The van der Waals surface area contributed by atoms with Crippen molar-refractivity contribution < 1.29 is 4.39 Å². The van der Waals surface area contributed by atoms with Gasteiger partial charge < -0.3 is 0 Å². The summed E-state index contributed by atoms with van der Waals surface area (Å²) in [6.07, 6.45) is 1.69. The molecule has 0 fully saturated rings. The molecule has 1 N–H and O–H groups in total. The number of rotatable bonds is 3. The van der Waals surface area contributed by atoms with E-state index in [1.165, 1.54) is 6.07 Å². The summed E-state index contributed by atoms with van der Waals surface area (Å²) in [6.45, 7) is 0. The van der Waals surface area contributed by atoms with Crippen molar-refractivity contribution in [1.29, 1.82) is 0 Å². The fraction of sp³-hybridized carbons (Fsp3) is 0. The third-order valence-electron chi connectivity index (χ3n) is 3.71. The Hall–Kier alpha value is -3.34. The molecule has 0 saturated carbocycles. The molecule has 5 heteroatoms. The molecule has 0 unspecified atom stereocenters. The second-order valence-electron chi connectivity index (χ2n) is 5.28. The summed E-state index contributed by atoms with van der Waals surface area (Å²) >= 11 is 0. The molecule has 2 heterocycles. The van der Waals surface area contributed by atoms with Crippen LogP contribution in [0.5, 0.6) is 0 Å². The number of benzene rings is 2. The van der Waals surface area contributed by atoms with Crippen LogP contribution in [0, 0.1) is 5.82 Å². The van der Waals surface area contributed by atoms with Crippen molar-refractivity contribution in [2.45, 2.75) is 0 Å². The number of nitrogens with one attached hydrogen (secondary N) is 1. The van der Waals surface area contributed by atoms with Crippen LogP contribution in [0.25, 0.3) is 34.0 Å². The van der Waals surface area contributed by atoms with E-state index >= 15 is 0 Å². The maximum atomic E-state index is 14.5. The standard InChI is InChI=1S/C19H13FN4/c20-16-12-14(9-10-15(16)13-6-2-1-3-7-13)18-22-19(24-23-18)17-8-4-5-11-21-17/h1-12H,(H,22,23,24). The largest absolute Gasteiger partial charge is 0.257 e. The maximum Gasteiger partial charge on any atom is 0.181 e. The number of H-pyrrole nitrogens is 1. The van der Waals surface area contributed by atoms with Gasteiger partial charge in [-0.15, -0.1) is 0 Å². The molecule has 4 aromatic rings. The van der Waals surface area contributed by atoms with Gasteiger partial charge >= 0.3 is 0 Å². The van der Waals surface area contributed by atoms with Gasteiger partial charge in [0, 0.05) is 17.3 Å². The first-order chi connectivity index (χ1) is 11.8. The molecule has 4 rings (SSSR count). The highest BCUT2D eigenvalue weighted by Gasteiger charge is 2.11. The highest BCUT2D eigenvalue weighted by Crippen LogP contribution is 2.27. The van der Waals surface area contributed by atoms with E-state index in [0.717, 1.165) is 5.56 Å². The maximum absolute atomic E-state index is 14.5. The zero-order chi connectivity index (χ0) is 16.4. The molecule has 0 aliphatic heterocycles. The molecule has 0 spiro atoms. The van der Waals surface area contributed by atoms with E-state index in [1.807, 2.05) is 54.6 Å². The van der Waals surface area contributed by atoms with Crippen molar-refractivity contribution in [3.63, 3.8) is 0 Å². The van der Waals surface area contributed by atoms with Gasteiger partial charge in [-0.2, -0.15) is 5.10 Å². The van der Waals surface area contributed by atoms with Crippen LogP contribution in [0.1, 0.15) is 0 Å². The molecular formula is C19H13FN4. The van der Waals surface area contributed by atoms with Crippen LogP contribution < -0.4 is 0 Å². The summed E-state index contributed by atoms with van der Waals surface area (Å²) in [5.41, 5.74) is 2.70. The first-order valence-electron chi connectivity index (χ1n) is 7.50. The van der Waals surface area contributed by atoms with Crippen LogP contribution in [0.3, 0.4) is 0 Å². The van der Waals surface area contributed by atoms with Gasteiger partial charge in [0.1, 0.15) is 11.5 Å².